The van der Waals surface area contributed by atoms with E-state index >= 15 is 0 Å². The summed E-state index contributed by atoms with van der Waals surface area (Å²) in [6.07, 6.45) is 3.82. The predicted molar refractivity (Wildman–Crippen MR) is 126 cm³/mol. The fraction of sp³-hybridized carbons (Fsp3) is 0.125. The number of allylic oxidation sites excluding steroid dienone is 1. The van der Waals surface area contributed by atoms with E-state index in [1.54, 1.807) is 54.6 Å². The Balaban J connectivity index is 1.95. The molecule has 2 N–H and O–H groups in total. The van der Waals surface area contributed by atoms with E-state index < -0.39 is 21.6 Å². The van der Waals surface area contributed by atoms with Crippen LogP contribution in [0.3, 0.4) is 0 Å². The predicted octanol–water partition coefficient (Wildman–Crippen LogP) is 4.47. The van der Waals surface area contributed by atoms with Gasteiger partial charge in [-0.15, -0.1) is 0 Å². The van der Waals surface area contributed by atoms with Gasteiger partial charge in [-0.1, -0.05) is 30.3 Å². The number of sulfonamides is 1. The third-order valence-electron chi connectivity index (χ3n) is 4.46. The molecule has 0 heterocycles. The second-order valence-corrected chi connectivity index (χ2v) is 8.72. The largest absolute Gasteiger partial charge is 0.507 e. The lowest BCUT2D eigenvalue weighted by atomic mass is 10.1. The molecule has 0 unspecified atom stereocenters. The number of ether oxygens (including phenoxy) is 3. The average molecular weight is 470 g/mol. The first-order valence-corrected chi connectivity index (χ1v) is 11.6. The second kappa shape index (κ2) is 10.1. The maximum Gasteiger partial charge on any atom is 0.229 e. The van der Waals surface area contributed by atoms with Crippen molar-refractivity contribution in [1.82, 2.24) is 0 Å². The fourth-order valence-electron chi connectivity index (χ4n) is 2.96. The standard InChI is InChI=1S/C24H23NO7S/c1-30-22-12-10-16(13-24(22)31-2)9-11-20(26)18-14-23(32-17-7-5-4-6-8-17)19(15-21(18)27)25-33(3,28)29/h4-15,25,27H,1-3H3/b11-9+. The first-order valence-electron chi connectivity index (χ1n) is 9.72. The number of carbonyl (C=O) groups is 1. The number of benzene rings is 3. The number of nitrogens with one attached hydrogen (secondary N) is 1. The molecule has 0 aliphatic heterocycles. The van der Waals surface area contributed by atoms with E-state index in [9.17, 15) is 18.3 Å². The van der Waals surface area contributed by atoms with Crippen LogP contribution in [0.15, 0.2) is 66.7 Å². The quantitative estimate of drug-likeness (QED) is 0.351. The van der Waals surface area contributed by atoms with Gasteiger partial charge < -0.3 is 19.3 Å². The molecule has 3 aromatic rings. The van der Waals surface area contributed by atoms with E-state index in [-0.39, 0.29) is 17.0 Å². The number of ketones is 1. The van der Waals surface area contributed by atoms with Gasteiger partial charge in [-0.3, -0.25) is 9.52 Å². The molecule has 0 saturated heterocycles. The molecule has 0 fully saturated rings. The number of aromatic hydroxyl groups is 1. The summed E-state index contributed by atoms with van der Waals surface area (Å²) in [6, 6.07) is 16.2. The molecule has 3 rings (SSSR count). The van der Waals surface area contributed by atoms with Crippen LogP contribution in [0, 0.1) is 0 Å². The Morgan fingerprint density at radius 3 is 2.27 bits per heavy atom. The van der Waals surface area contributed by atoms with Gasteiger partial charge >= 0.3 is 0 Å². The lowest BCUT2D eigenvalue weighted by molar-refractivity contribution is 0.104. The zero-order valence-corrected chi connectivity index (χ0v) is 19.0. The number of hydrogen-bond acceptors (Lipinski definition) is 7. The van der Waals surface area contributed by atoms with Crippen molar-refractivity contribution in [2.75, 3.05) is 25.2 Å². The van der Waals surface area contributed by atoms with Crippen LogP contribution in [-0.2, 0) is 10.0 Å². The molecular weight excluding hydrogens is 446 g/mol. The SMILES string of the molecule is COc1ccc(/C=C/C(=O)c2cc(Oc3ccccc3)c(NS(C)(=O)=O)cc2O)cc1OC. The van der Waals surface area contributed by atoms with Crippen molar-refractivity contribution in [3.8, 4) is 28.7 Å². The summed E-state index contributed by atoms with van der Waals surface area (Å²) in [4.78, 5) is 12.8. The highest BCUT2D eigenvalue weighted by molar-refractivity contribution is 7.92. The van der Waals surface area contributed by atoms with Gasteiger partial charge in [0, 0.05) is 6.07 Å². The van der Waals surface area contributed by atoms with Gasteiger partial charge in [0.15, 0.2) is 23.0 Å². The molecule has 3 aromatic carbocycles. The molecule has 0 radical (unpaired) electrons. The Bertz CT molecular complexity index is 1290. The highest BCUT2D eigenvalue weighted by Gasteiger charge is 2.18. The summed E-state index contributed by atoms with van der Waals surface area (Å²) in [5, 5.41) is 10.4. The van der Waals surface area contributed by atoms with Crippen molar-refractivity contribution < 1.29 is 32.5 Å². The number of rotatable bonds is 9. The zero-order chi connectivity index (χ0) is 24.0. The summed E-state index contributed by atoms with van der Waals surface area (Å²) < 4.78 is 42.0. The Morgan fingerprint density at radius 2 is 1.64 bits per heavy atom. The van der Waals surface area contributed by atoms with E-state index in [1.165, 1.54) is 26.4 Å². The third kappa shape index (κ3) is 6.27. The van der Waals surface area contributed by atoms with Gasteiger partial charge in [0.1, 0.15) is 11.5 Å². The van der Waals surface area contributed by atoms with Crippen molar-refractivity contribution in [2.24, 2.45) is 0 Å². The van der Waals surface area contributed by atoms with Crippen LogP contribution >= 0.6 is 0 Å². The molecule has 0 bridgehead atoms. The minimum atomic E-state index is -3.66. The number of phenols is 1. The Hall–Kier alpha value is -3.98. The monoisotopic (exact) mass is 469 g/mol. The number of para-hydroxylation sites is 1. The Kier molecular flexibility index (Phi) is 7.24. The highest BCUT2D eigenvalue weighted by atomic mass is 32.2. The van der Waals surface area contributed by atoms with Gasteiger partial charge in [-0.25, -0.2) is 8.42 Å². The smallest absolute Gasteiger partial charge is 0.229 e. The van der Waals surface area contributed by atoms with Crippen molar-refractivity contribution in [3.63, 3.8) is 0 Å². The van der Waals surface area contributed by atoms with Gasteiger partial charge in [0.05, 0.1) is 31.7 Å². The molecule has 0 atom stereocenters. The molecule has 0 aromatic heterocycles. The molecule has 0 saturated carbocycles. The van der Waals surface area contributed by atoms with Crippen molar-refractivity contribution >= 4 is 27.6 Å². The van der Waals surface area contributed by atoms with Crippen LogP contribution in [0.1, 0.15) is 15.9 Å². The summed E-state index contributed by atoms with van der Waals surface area (Å²) in [7, 11) is -0.629. The normalized spacial score (nSPS) is 11.2. The second-order valence-electron chi connectivity index (χ2n) is 6.97. The third-order valence-corrected chi connectivity index (χ3v) is 5.06. The van der Waals surface area contributed by atoms with E-state index in [1.807, 2.05) is 0 Å². The van der Waals surface area contributed by atoms with Crippen LogP contribution < -0.4 is 18.9 Å². The number of hydrogen-bond donors (Lipinski definition) is 2. The lowest BCUT2D eigenvalue weighted by Crippen LogP contribution is -2.11. The number of carbonyl (C=O) groups excluding carboxylic acids is 1. The molecule has 0 amide bonds. The van der Waals surface area contributed by atoms with Crippen LogP contribution in [0.5, 0.6) is 28.7 Å². The molecule has 0 spiro atoms. The summed E-state index contributed by atoms with van der Waals surface area (Å²) in [5.74, 6) is 0.640. The molecule has 8 nitrogen and oxygen atoms in total. The average Bonchev–Trinajstić information content (AvgIpc) is 2.78. The van der Waals surface area contributed by atoms with E-state index in [4.69, 9.17) is 14.2 Å². The van der Waals surface area contributed by atoms with Crippen LogP contribution in [0.25, 0.3) is 6.08 Å². The molecule has 33 heavy (non-hydrogen) atoms. The van der Waals surface area contributed by atoms with E-state index in [0.29, 0.717) is 22.8 Å². The molecule has 0 aliphatic rings. The lowest BCUT2D eigenvalue weighted by Gasteiger charge is -2.14. The van der Waals surface area contributed by atoms with Crippen molar-refractivity contribution in [3.05, 3.63) is 77.9 Å². The number of phenolic OH excluding ortho intramolecular Hbond substituents is 1. The minimum Gasteiger partial charge on any atom is -0.507 e. The Labute approximate surface area is 192 Å². The van der Waals surface area contributed by atoms with E-state index in [2.05, 4.69) is 4.72 Å². The maximum atomic E-state index is 12.8. The first-order chi connectivity index (χ1) is 15.7. The van der Waals surface area contributed by atoms with Gasteiger partial charge in [0.2, 0.25) is 10.0 Å². The molecule has 0 aliphatic carbocycles. The fourth-order valence-corrected chi connectivity index (χ4v) is 3.52. The summed E-state index contributed by atoms with van der Waals surface area (Å²) in [5.41, 5.74) is 0.618. The number of methoxy groups -OCH3 is 2. The van der Waals surface area contributed by atoms with Gasteiger partial charge in [-0.2, -0.15) is 0 Å². The van der Waals surface area contributed by atoms with Crippen LogP contribution in [0.4, 0.5) is 5.69 Å². The summed E-state index contributed by atoms with van der Waals surface area (Å²) >= 11 is 0. The molecule has 172 valence electrons. The van der Waals surface area contributed by atoms with Crippen LogP contribution in [-0.4, -0.2) is 39.8 Å². The molecule has 9 heteroatoms. The van der Waals surface area contributed by atoms with Crippen LogP contribution in [0.2, 0.25) is 0 Å². The number of anilines is 1. The minimum absolute atomic E-state index is 0.000673. The Morgan fingerprint density at radius 1 is 0.939 bits per heavy atom. The zero-order valence-electron chi connectivity index (χ0n) is 18.2. The maximum absolute atomic E-state index is 12.8. The first kappa shape index (κ1) is 23.7. The van der Waals surface area contributed by atoms with Gasteiger partial charge in [0.25, 0.3) is 0 Å². The summed E-state index contributed by atoms with van der Waals surface area (Å²) in [6.45, 7) is 0. The van der Waals surface area contributed by atoms with Crippen molar-refractivity contribution in [2.45, 2.75) is 0 Å². The van der Waals surface area contributed by atoms with E-state index in [0.717, 1.165) is 12.3 Å². The van der Waals surface area contributed by atoms with Gasteiger partial charge in [-0.05, 0) is 42.0 Å². The topological polar surface area (TPSA) is 111 Å². The van der Waals surface area contributed by atoms with Crippen molar-refractivity contribution in [1.29, 1.82) is 0 Å². The highest BCUT2D eigenvalue weighted by Crippen LogP contribution is 2.36. The molecular formula is C24H23NO7S.